The van der Waals surface area contributed by atoms with Gasteiger partial charge in [-0.15, -0.1) is 0 Å². The summed E-state index contributed by atoms with van der Waals surface area (Å²) in [5.74, 6) is -0.108. The Morgan fingerprint density at radius 3 is 2.81 bits per heavy atom. The molecule has 0 radical (unpaired) electrons. The number of hydrogen-bond donors (Lipinski definition) is 0. The Morgan fingerprint density at radius 1 is 1.50 bits per heavy atom. The minimum absolute atomic E-state index is 0.0131. The highest BCUT2D eigenvalue weighted by atomic mass is 35.5. The lowest BCUT2D eigenvalue weighted by molar-refractivity contribution is -0.119. The van der Waals surface area contributed by atoms with E-state index in [1.165, 1.54) is 5.01 Å². The van der Waals surface area contributed by atoms with Crippen molar-refractivity contribution in [1.29, 1.82) is 0 Å². The Labute approximate surface area is 99.7 Å². The fraction of sp³-hybridized carbons (Fsp3) is 0.333. The van der Waals surface area contributed by atoms with Gasteiger partial charge in [0.1, 0.15) is 0 Å². The summed E-state index contributed by atoms with van der Waals surface area (Å²) < 4.78 is 0. The van der Waals surface area contributed by atoms with Gasteiger partial charge >= 0.3 is 0 Å². The van der Waals surface area contributed by atoms with Gasteiger partial charge in [0.2, 0.25) is 0 Å². The van der Waals surface area contributed by atoms with Crippen molar-refractivity contribution in [2.24, 2.45) is 11.0 Å². The van der Waals surface area contributed by atoms with Crippen LogP contribution in [0.3, 0.4) is 0 Å². The van der Waals surface area contributed by atoms with E-state index >= 15 is 0 Å². The summed E-state index contributed by atoms with van der Waals surface area (Å²) >= 11 is 5.89. The standard InChI is InChI=1S/C12H13ClN2O/c1-3-11-8(2)12(16)15(14-11)10-6-4-5-9(13)7-10/h4-8H,3H2,1-2H3. The van der Waals surface area contributed by atoms with E-state index in [1.54, 1.807) is 12.1 Å². The number of carbonyl (C=O) groups excluding carboxylic acids is 1. The third-order valence-corrected chi connectivity index (χ3v) is 2.96. The van der Waals surface area contributed by atoms with E-state index in [0.29, 0.717) is 5.02 Å². The van der Waals surface area contributed by atoms with Crippen molar-refractivity contribution in [2.75, 3.05) is 5.01 Å². The predicted molar refractivity (Wildman–Crippen MR) is 65.8 cm³/mol. The van der Waals surface area contributed by atoms with Crippen molar-refractivity contribution >= 4 is 28.9 Å². The molecule has 1 aliphatic rings. The minimum atomic E-state index is -0.121. The number of amides is 1. The molecule has 0 fully saturated rings. The largest absolute Gasteiger partial charge is 0.272 e. The number of nitrogens with zero attached hydrogens (tertiary/aromatic N) is 2. The van der Waals surface area contributed by atoms with Gasteiger partial charge < -0.3 is 0 Å². The van der Waals surface area contributed by atoms with E-state index in [9.17, 15) is 4.79 Å². The van der Waals surface area contributed by atoms with Gasteiger partial charge in [0.15, 0.2) is 0 Å². The second-order valence-corrected chi connectivity index (χ2v) is 4.23. The van der Waals surface area contributed by atoms with Crippen molar-refractivity contribution in [1.82, 2.24) is 0 Å². The van der Waals surface area contributed by atoms with Gasteiger partial charge in [-0.25, -0.2) is 5.01 Å². The quantitative estimate of drug-likeness (QED) is 0.777. The van der Waals surface area contributed by atoms with Crippen molar-refractivity contribution in [2.45, 2.75) is 20.3 Å². The van der Waals surface area contributed by atoms with Gasteiger partial charge in [0, 0.05) is 5.02 Å². The molecule has 0 aliphatic carbocycles. The highest BCUT2D eigenvalue weighted by molar-refractivity contribution is 6.31. The van der Waals surface area contributed by atoms with Crippen LogP contribution in [0.4, 0.5) is 5.69 Å². The summed E-state index contributed by atoms with van der Waals surface area (Å²) in [6, 6.07) is 7.17. The van der Waals surface area contributed by atoms with E-state index < -0.39 is 0 Å². The van der Waals surface area contributed by atoms with Crippen LogP contribution in [0.1, 0.15) is 20.3 Å². The molecule has 1 atom stereocenters. The lowest BCUT2D eigenvalue weighted by Gasteiger charge is -2.12. The first-order valence-corrected chi connectivity index (χ1v) is 5.68. The number of hydrazone groups is 1. The maximum Gasteiger partial charge on any atom is 0.255 e. The van der Waals surface area contributed by atoms with Crippen molar-refractivity contribution in [3.8, 4) is 0 Å². The van der Waals surface area contributed by atoms with E-state index in [-0.39, 0.29) is 11.8 Å². The van der Waals surface area contributed by atoms with Crippen LogP contribution in [-0.2, 0) is 4.79 Å². The first-order valence-electron chi connectivity index (χ1n) is 5.30. The van der Waals surface area contributed by atoms with Crippen molar-refractivity contribution < 1.29 is 4.79 Å². The zero-order valence-electron chi connectivity index (χ0n) is 9.27. The number of rotatable bonds is 2. The molecule has 1 unspecified atom stereocenters. The molecule has 1 aliphatic heterocycles. The summed E-state index contributed by atoms with van der Waals surface area (Å²) in [5.41, 5.74) is 1.65. The molecule has 1 heterocycles. The summed E-state index contributed by atoms with van der Waals surface area (Å²) in [6.07, 6.45) is 0.796. The Bertz CT molecular complexity index is 456. The molecule has 4 heteroatoms. The smallest absolute Gasteiger partial charge is 0.255 e. The predicted octanol–water partition coefficient (Wildman–Crippen LogP) is 3.09. The summed E-state index contributed by atoms with van der Waals surface area (Å²) in [4.78, 5) is 12.0. The van der Waals surface area contributed by atoms with Gasteiger partial charge in [-0.3, -0.25) is 4.79 Å². The first-order chi connectivity index (χ1) is 7.63. The van der Waals surface area contributed by atoms with Gasteiger partial charge in [0.25, 0.3) is 5.91 Å². The SMILES string of the molecule is CCC1=NN(c2cccc(Cl)c2)C(=O)C1C. The van der Waals surface area contributed by atoms with Gasteiger partial charge in [-0.05, 0) is 31.5 Å². The van der Waals surface area contributed by atoms with Crippen LogP contribution in [-0.4, -0.2) is 11.6 Å². The van der Waals surface area contributed by atoms with E-state index in [4.69, 9.17) is 11.6 Å². The Morgan fingerprint density at radius 2 is 2.25 bits per heavy atom. The lowest BCUT2D eigenvalue weighted by Crippen LogP contribution is -2.25. The molecule has 0 N–H and O–H groups in total. The maximum absolute atomic E-state index is 12.0. The zero-order valence-corrected chi connectivity index (χ0v) is 10.0. The number of halogens is 1. The fourth-order valence-corrected chi connectivity index (χ4v) is 1.94. The fourth-order valence-electron chi connectivity index (χ4n) is 1.76. The zero-order chi connectivity index (χ0) is 11.7. The van der Waals surface area contributed by atoms with Crippen molar-refractivity contribution in [3.05, 3.63) is 29.3 Å². The van der Waals surface area contributed by atoms with Crippen LogP contribution in [0.2, 0.25) is 5.02 Å². The summed E-state index contributed by atoms with van der Waals surface area (Å²) in [6.45, 7) is 3.89. The summed E-state index contributed by atoms with van der Waals surface area (Å²) in [5, 5.41) is 6.37. The maximum atomic E-state index is 12.0. The normalized spacial score (nSPS) is 20.2. The highest BCUT2D eigenvalue weighted by Crippen LogP contribution is 2.26. The molecule has 0 bridgehead atoms. The Hall–Kier alpha value is -1.35. The monoisotopic (exact) mass is 236 g/mol. The molecule has 3 nitrogen and oxygen atoms in total. The first kappa shape index (κ1) is 11.1. The van der Waals surface area contributed by atoms with Crippen LogP contribution in [0.25, 0.3) is 0 Å². The van der Waals surface area contributed by atoms with Gasteiger partial charge in [-0.2, -0.15) is 5.10 Å². The number of anilines is 1. The number of carbonyl (C=O) groups is 1. The van der Waals surface area contributed by atoms with Crippen LogP contribution in [0.15, 0.2) is 29.4 Å². The van der Waals surface area contributed by atoms with Crippen LogP contribution in [0.5, 0.6) is 0 Å². The topological polar surface area (TPSA) is 32.7 Å². The molecule has 16 heavy (non-hydrogen) atoms. The number of benzene rings is 1. The molecule has 0 aromatic heterocycles. The molecule has 1 aromatic carbocycles. The van der Waals surface area contributed by atoms with Crippen LogP contribution >= 0.6 is 11.6 Å². The molecule has 0 saturated carbocycles. The summed E-state index contributed by atoms with van der Waals surface area (Å²) in [7, 11) is 0. The average Bonchev–Trinajstić information content (AvgIpc) is 2.56. The third kappa shape index (κ3) is 1.83. The molecular formula is C12H13ClN2O. The second-order valence-electron chi connectivity index (χ2n) is 3.80. The lowest BCUT2D eigenvalue weighted by atomic mass is 10.0. The average molecular weight is 237 g/mol. The van der Waals surface area contributed by atoms with Crippen LogP contribution in [0, 0.1) is 5.92 Å². The van der Waals surface area contributed by atoms with Gasteiger partial charge in [-0.1, -0.05) is 24.6 Å². The Kier molecular flexibility index (Phi) is 2.97. The molecule has 0 saturated heterocycles. The van der Waals surface area contributed by atoms with Gasteiger partial charge in [0.05, 0.1) is 17.3 Å². The molecule has 0 spiro atoms. The van der Waals surface area contributed by atoms with E-state index in [1.807, 2.05) is 26.0 Å². The van der Waals surface area contributed by atoms with Crippen LogP contribution < -0.4 is 5.01 Å². The molecule has 84 valence electrons. The third-order valence-electron chi connectivity index (χ3n) is 2.72. The molecule has 2 rings (SSSR count). The number of hydrogen-bond acceptors (Lipinski definition) is 2. The van der Waals surface area contributed by atoms with Crippen molar-refractivity contribution in [3.63, 3.8) is 0 Å². The Balaban J connectivity index is 2.36. The second kappa shape index (κ2) is 4.26. The molecule has 1 amide bonds. The minimum Gasteiger partial charge on any atom is -0.272 e. The highest BCUT2D eigenvalue weighted by Gasteiger charge is 2.31. The van der Waals surface area contributed by atoms with E-state index in [0.717, 1.165) is 17.8 Å². The molecular weight excluding hydrogens is 224 g/mol. The molecule has 1 aromatic rings. The van der Waals surface area contributed by atoms with E-state index in [2.05, 4.69) is 5.10 Å².